The van der Waals surface area contributed by atoms with E-state index in [2.05, 4.69) is 143 Å². The minimum absolute atomic E-state index is 0.0328. The summed E-state index contributed by atoms with van der Waals surface area (Å²) in [6.07, 6.45) is 1.63. The van der Waals surface area contributed by atoms with Gasteiger partial charge in [-0.1, -0.05) is 107 Å². The van der Waals surface area contributed by atoms with Crippen LogP contribution in [0.1, 0.15) is 66.2 Å². The van der Waals surface area contributed by atoms with E-state index >= 15 is 0 Å². The summed E-state index contributed by atoms with van der Waals surface area (Å²) in [5.41, 5.74) is 0.884. The molecular formula is C29H42INO3Si2. The Hall–Kier alpha value is -1.27. The first-order valence-electron chi connectivity index (χ1n) is 12.8. The Labute approximate surface area is 233 Å². The number of benzene rings is 2. The zero-order valence-corrected chi connectivity index (χ0v) is 27.3. The first-order chi connectivity index (χ1) is 16.8. The van der Waals surface area contributed by atoms with Crippen LogP contribution in [0.5, 0.6) is 0 Å². The van der Waals surface area contributed by atoms with Crippen molar-refractivity contribution in [2.45, 2.75) is 83.7 Å². The lowest BCUT2D eigenvalue weighted by molar-refractivity contribution is 0.151. The summed E-state index contributed by atoms with van der Waals surface area (Å²) in [4.78, 5) is 0. The van der Waals surface area contributed by atoms with E-state index in [1.807, 2.05) is 6.07 Å². The Morgan fingerprint density at radius 3 is 1.81 bits per heavy atom. The third kappa shape index (κ3) is 6.59. The van der Waals surface area contributed by atoms with Crippen molar-refractivity contribution in [1.82, 2.24) is 5.16 Å². The molecule has 0 bridgehead atoms. The number of nitrogens with zero attached hydrogens (tertiary/aromatic N) is 1. The van der Waals surface area contributed by atoms with Gasteiger partial charge in [-0.05, 0) is 46.4 Å². The van der Waals surface area contributed by atoms with Crippen LogP contribution < -0.4 is 10.4 Å². The molecular weight excluding hydrogens is 593 g/mol. The fourth-order valence-corrected chi connectivity index (χ4v) is 10.8. The molecule has 0 saturated carbocycles. The first kappa shape index (κ1) is 29.3. The smallest absolute Gasteiger partial charge is 0.261 e. The van der Waals surface area contributed by atoms with Crippen molar-refractivity contribution in [3.63, 3.8) is 0 Å². The van der Waals surface area contributed by atoms with Crippen LogP contribution in [0, 0.1) is 3.77 Å². The van der Waals surface area contributed by atoms with E-state index in [0.717, 1.165) is 22.3 Å². The third-order valence-corrected chi connectivity index (χ3v) is 17.5. The summed E-state index contributed by atoms with van der Waals surface area (Å²) in [7, 11) is -4.53. The van der Waals surface area contributed by atoms with Crippen LogP contribution in [0.25, 0.3) is 0 Å². The van der Waals surface area contributed by atoms with Gasteiger partial charge in [0.2, 0.25) is 0 Å². The van der Waals surface area contributed by atoms with Gasteiger partial charge in [0.25, 0.3) is 8.32 Å². The van der Waals surface area contributed by atoms with Gasteiger partial charge >= 0.3 is 0 Å². The highest BCUT2D eigenvalue weighted by molar-refractivity contribution is 14.1. The van der Waals surface area contributed by atoms with Gasteiger partial charge in [-0.15, -0.1) is 0 Å². The maximum absolute atomic E-state index is 7.10. The highest BCUT2D eigenvalue weighted by Crippen LogP contribution is 2.41. The van der Waals surface area contributed by atoms with Crippen LogP contribution in [0.4, 0.5) is 0 Å². The molecule has 196 valence electrons. The molecule has 0 spiro atoms. The second kappa shape index (κ2) is 11.6. The monoisotopic (exact) mass is 635 g/mol. The molecule has 0 fully saturated rings. The van der Waals surface area contributed by atoms with Crippen molar-refractivity contribution >= 4 is 49.6 Å². The molecule has 2 aromatic carbocycles. The maximum atomic E-state index is 7.10. The molecule has 4 nitrogen and oxygen atoms in total. The van der Waals surface area contributed by atoms with E-state index in [1.54, 1.807) is 0 Å². The summed E-state index contributed by atoms with van der Waals surface area (Å²) >= 11 is 2.17. The van der Waals surface area contributed by atoms with Crippen LogP contribution >= 0.6 is 22.6 Å². The molecule has 0 amide bonds. The fourth-order valence-electron chi connectivity index (χ4n) is 4.47. The SMILES string of the molecule is CC(C)(C)[Si](C)(C)OC(CCCO[Si](c1ccccc1)(c1ccccc1)C(C)(C)C)c1cc(I)on1. The average molecular weight is 636 g/mol. The van der Waals surface area contributed by atoms with Gasteiger partial charge < -0.3 is 13.4 Å². The molecule has 3 aromatic rings. The van der Waals surface area contributed by atoms with E-state index < -0.39 is 16.6 Å². The quantitative estimate of drug-likeness (QED) is 0.130. The highest BCUT2D eigenvalue weighted by atomic mass is 127. The highest BCUT2D eigenvalue weighted by Gasteiger charge is 2.50. The van der Waals surface area contributed by atoms with Crippen LogP contribution in [0.15, 0.2) is 71.3 Å². The summed E-state index contributed by atoms with van der Waals surface area (Å²) in [5, 5.41) is 7.03. The number of hydrogen-bond donors (Lipinski definition) is 0. The molecule has 0 aliphatic carbocycles. The maximum Gasteiger partial charge on any atom is 0.261 e. The van der Waals surface area contributed by atoms with Gasteiger partial charge in [0.05, 0.1) is 6.10 Å². The number of rotatable bonds is 10. The molecule has 1 unspecified atom stereocenters. The van der Waals surface area contributed by atoms with Gasteiger partial charge in [-0.25, -0.2) is 0 Å². The zero-order valence-electron chi connectivity index (χ0n) is 23.1. The van der Waals surface area contributed by atoms with Gasteiger partial charge in [-0.3, -0.25) is 0 Å². The lowest BCUT2D eigenvalue weighted by Crippen LogP contribution is -2.66. The lowest BCUT2D eigenvalue weighted by atomic mass is 10.1. The lowest BCUT2D eigenvalue weighted by Gasteiger charge is -2.43. The van der Waals surface area contributed by atoms with Crippen LogP contribution in [-0.2, 0) is 8.85 Å². The van der Waals surface area contributed by atoms with E-state index in [0.29, 0.717) is 6.61 Å². The minimum Gasteiger partial charge on any atom is -0.408 e. The molecule has 0 aliphatic rings. The molecule has 1 aromatic heterocycles. The van der Waals surface area contributed by atoms with Crippen molar-refractivity contribution < 1.29 is 13.4 Å². The van der Waals surface area contributed by atoms with Crippen molar-refractivity contribution in [2.24, 2.45) is 0 Å². The minimum atomic E-state index is -2.54. The average Bonchev–Trinajstić information content (AvgIpc) is 3.24. The Morgan fingerprint density at radius 1 is 0.861 bits per heavy atom. The predicted octanol–water partition coefficient (Wildman–Crippen LogP) is 7.70. The Bertz CT molecular complexity index is 1050. The Morgan fingerprint density at radius 2 is 1.39 bits per heavy atom. The normalized spacial score (nSPS) is 14.1. The van der Waals surface area contributed by atoms with Gasteiger partial charge in [-0.2, -0.15) is 0 Å². The summed E-state index contributed by atoms with van der Waals surface area (Å²) < 4.78 is 20.1. The van der Waals surface area contributed by atoms with Crippen LogP contribution in [0.3, 0.4) is 0 Å². The van der Waals surface area contributed by atoms with Crippen molar-refractivity contribution in [3.05, 3.63) is 76.2 Å². The van der Waals surface area contributed by atoms with Crippen molar-refractivity contribution in [3.8, 4) is 0 Å². The molecule has 0 N–H and O–H groups in total. The van der Waals surface area contributed by atoms with Crippen molar-refractivity contribution in [2.75, 3.05) is 6.61 Å². The second-order valence-corrected chi connectivity index (χ2v) is 22.2. The molecule has 0 aliphatic heterocycles. The largest absolute Gasteiger partial charge is 0.408 e. The number of aromatic nitrogens is 1. The topological polar surface area (TPSA) is 44.5 Å². The molecule has 0 radical (unpaired) electrons. The predicted molar refractivity (Wildman–Crippen MR) is 163 cm³/mol. The summed E-state index contributed by atoms with van der Waals surface area (Å²) in [5.74, 6) is 0. The van der Waals surface area contributed by atoms with Gasteiger partial charge in [0.1, 0.15) is 5.69 Å². The summed E-state index contributed by atoms with van der Waals surface area (Å²) in [6, 6.07) is 23.6. The fraction of sp³-hybridized carbons (Fsp3) is 0.483. The number of hydrogen-bond acceptors (Lipinski definition) is 4. The molecule has 0 saturated heterocycles. The van der Waals surface area contributed by atoms with E-state index in [9.17, 15) is 0 Å². The second-order valence-electron chi connectivity index (χ2n) is 12.1. The molecule has 1 atom stereocenters. The van der Waals surface area contributed by atoms with E-state index in [4.69, 9.17) is 13.4 Å². The standard InChI is InChI=1S/C29H42INO3Si2/c1-28(2,3)35(7,8)34-26(25-22-27(30)33-31-25)20-15-21-32-36(29(4,5)6,23-16-11-9-12-17-23)24-18-13-10-14-19-24/h9-14,16-19,22,26H,15,20-21H2,1-8H3. The molecule has 36 heavy (non-hydrogen) atoms. The van der Waals surface area contributed by atoms with E-state index in [1.165, 1.54) is 10.4 Å². The van der Waals surface area contributed by atoms with Gasteiger partial charge in [0, 0.05) is 35.3 Å². The summed E-state index contributed by atoms with van der Waals surface area (Å²) in [6.45, 7) is 19.0. The van der Waals surface area contributed by atoms with Crippen LogP contribution in [-0.4, -0.2) is 28.4 Å². The molecule has 3 rings (SSSR count). The Balaban J connectivity index is 1.85. The Kier molecular flexibility index (Phi) is 9.47. The zero-order chi connectivity index (χ0) is 26.6. The molecule has 1 heterocycles. The number of halogens is 1. The molecule has 7 heteroatoms. The van der Waals surface area contributed by atoms with Gasteiger partial charge in [0.15, 0.2) is 12.1 Å². The van der Waals surface area contributed by atoms with Crippen LogP contribution in [0.2, 0.25) is 23.2 Å². The van der Waals surface area contributed by atoms with E-state index in [-0.39, 0.29) is 16.2 Å². The van der Waals surface area contributed by atoms with Crippen molar-refractivity contribution in [1.29, 1.82) is 0 Å². The third-order valence-electron chi connectivity index (χ3n) is 7.42. The first-order valence-corrected chi connectivity index (χ1v) is 18.7.